The van der Waals surface area contributed by atoms with E-state index < -0.39 is 11.9 Å². The number of amides is 1. The van der Waals surface area contributed by atoms with E-state index in [9.17, 15) is 14.0 Å². The number of nitrogens with zero attached hydrogens (tertiary/aromatic N) is 1. The Balaban J connectivity index is 1.58. The monoisotopic (exact) mass is 464 g/mol. The quantitative estimate of drug-likeness (QED) is 0.569. The van der Waals surface area contributed by atoms with Crippen molar-refractivity contribution >= 4 is 35.1 Å². The summed E-state index contributed by atoms with van der Waals surface area (Å²) in [6.45, 7) is 3.96. The van der Waals surface area contributed by atoms with Crippen LogP contribution in [0.4, 0.5) is 4.39 Å². The zero-order valence-corrected chi connectivity index (χ0v) is 18.9. The Morgan fingerprint density at radius 3 is 2.71 bits per heavy atom. The first-order chi connectivity index (χ1) is 15.0. The molecule has 2 atom stereocenters. The Morgan fingerprint density at radius 2 is 2.00 bits per heavy atom. The third kappa shape index (κ3) is 6.77. The third-order valence-corrected chi connectivity index (χ3v) is 6.36. The number of ether oxygens (including phenoxy) is 1. The van der Waals surface area contributed by atoms with Crippen LogP contribution in [0.3, 0.4) is 0 Å². The number of hydrogen-bond donors (Lipinski definition) is 1. The highest BCUT2D eigenvalue weighted by Gasteiger charge is 2.29. The number of halogens is 2. The van der Waals surface area contributed by atoms with Gasteiger partial charge in [-0.2, -0.15) is 0 Å². The molecule has 8 heteroatoms. The van der Waals surface area contributed by atoms with E-state index in [1.165, 1.54) is 17.8 Å². The molecule has 0 bridgehead atoms. The predicted molar refractivity (Wildman–Crippen MR) is 122 cm³/mol. The summed E-state index contributed by atoms with van der Waals surface area (Å²) in [6.07, 6.45) is 0.0112. The Bertz CT molecular complexity index is 879. The first kappa shape index (κ1) is 23.7. The van der Waals surface area contributed by atoms with E-state index in [-0.39, 0.29) is 35.8 Å². The van der Waals surface area contributed by atoms with E-state index in [1.807, 2.05) is 25.1 Å². The maximum atomic E-state index is 14.6. The molecule has 0 aromatic heterocycles. The molecular weight excluding hydrogens is 439 g/mol. The van der Waals surface area contributed by atoms with E-state index in [1.54, 1.807) is 24.3 Å². The van der Waals surface area contributed by atoms with Crippen molar-refractivity contribution in [3.8, 4) is 0 Å². The van der Waals surface area contributed by atoms with Crippen LogP contribution in [0.15, 0.2) is 48.5 Å². The molecule has 31 heavy (non-hydrogen) atoms. The first-order valence-corrected chi connectivity index (χ1v) is 11.7. The van der Waals surface area contributed by atoms with Gasteiger partial charge in [0, 0.05) is 35.8 Å². The zero-order valence-electron chi connectivity index (χ0n) is 17.4. The van der Waals surface area contributed by atoms with Crippen LogP contribution in [0.2, 0.25) is 5.02 Å². The number of carbonyl (C=O) groups is 2. The van der Waals surface area contributed by atoms with Crippen LogP contribution >= 0.6 is 23.4 Å². The fourth-order valence-corrected chi connectivity index (χ4v) is 4.61. The molecule has 1 aliphatic heterocycles. The highest BCUT2D eigenvalue weighted by molar-refractivity contribution is 8.00. The van der Waals surface area contributed by atoms with Crippen LogP contribution in [0.25, 0.3) is 0 Å². The topological polar surface area (TPSA) is 58.6 Å². The number of carbonyl (C=O) groups excluding carboxylic acids is 2. The molecule has 5 nitrogen and oxygen atoms in total. The lowest BCUT2D eigenvalue weighted by atomic mass is 10.0. The average Bonchev–Trinajstić information content (AvgIpc) is 2.76. The Morgan fingerprint density at radius 1 is 1.23 bits per heavy atom. The van der Waals surface area contributed by atoms with Crippen molar-refractivity contribution < 1.29 is 18.7 Å². The molecule has 1 saturated heterocycles. The van der Waals surface area contributed by atoms with Crippen LogP contribution in [0.1, 0.15) is 28.9 Å². The van der Waals surface area contributed by atoms with Gasteiger partial charge in [-0.1, -0.05) is 48.0 Å². The largest absolute Gasteiger partial charge is 0.376 e. The van der Waals surface area contributed by atoms with Gasteiger partial charge in [-0.15, -0.1) is 11.8 Å². The summed E-state index contributed by atoms with van der Waals surface area (Å²) in [7, 11) is 0. The Hall–Kier alpha value is -1.93. The van der Waals surface area contributed by atoms with Crippen LogP contribution < -0.4 is 5.32 Å². The van der Waals surface area contributed by atoms with Crippen molar-refractivity contribution in [3.05, 3.63) is 70.5 Å². The molecule has 0 aliphatic carbocycles. The summed E-state index contributed by atoms with van der Waals surface area (Å²) < 4.78 is 20.2. The number of morpholine rings is 1. The second-order valence-electron chi connectivity index (χ2n) is 7.41. The maximum absolute atomic E-state index is 14.6. The van der Waals surface area contributed by atoms with Gasteiger partial charge in [-0.3, -0.25) is 14.5 Å². The molecule has 1 heterocycles. The normalized spacial score (nSPS) is 17.8. The van der Waals surface area contributed by atoms with Gasteiger partial charge >= 0.3 is 0 Å². The number of ketones is 1. The van der Waals surface area contributed by atoms with E-state index in [0.29, 0.717) is 35.8 Å². The summed E-state index contributed by atoms with van der Waals surface area (Å²) in [4.78, 5) is 26.7. The molecule has 1 N–H and O–H groups in total. The van der Waals surface area contributed by atoms with Crippen molar-refractivity contribution in [2.75, 3.05) is 37.7 Å². The molecule has 0 radical (unpaired) electrons. The van der Waals surface area contributed by atoms with E-state index in [2.05, 4.69) is 10.2 Å². The van der Waals surface area contributed by atoms with Crippen LogP contribution in [-0.2, 0) is 9.53 Å². The second kappa shape index (κ2) is 11.6. The highest BCUT2D eigenvalue weighted by Crippen LogP contribution is 2.31. The van der Waals surface area contributed by atoms with Gasteiger partial charge in [0.15, 0.2) is 5.78 Å². The van der Waals surface area contributed by atoms with Crippen LogP contribution in [-0.4, -0.2) is 60.4 Å². The zero-order chi connectivity index (χ0) is 22.2. The van der Waals surface area contributed by atoms with Crippen molar-refractivity contribution in [2.45, 2.75) is 19.1 Å². The molecule has 1 amide bonds. The predicted octanol–water partition coefficient (Wildman–Crippen LogP) is 3.97. The minimum atomic E-state index is -0.403. The van der Waals surface area contributed by atoms with Gasteiger partial charge in [0.2, 0.25) is 5.91 Å². The van der Waals surface area contributed by atoms with E-state index >= 15 is 0 Å². The Kier molecular flexibility index (Phi) is 8.90. The lowest BCUT2D eigenvalue weighted by Gasteiger charge is -2.38. The lowest BCUT2D eigenvalue weighted by Crippen LogP contribution is -2.47. The van der Waals surface area contributed by atoms with Crippen molar-refractivity contribution in [1.82, 2.24) is 10.2 Å². The Labute approximate surface area is 191 Å². The van der Waals surface area contributed by atoms with Crippen molar-refractivity contribution in [2.24, 2.45) is 0 Å². The standard InChI is InChI=1S/C23H26ClFN2O3S/c1-16-13-27(10-11-30-16)20(23-18(24)8-5-9-19(23)25)12-26-22(29)15-31-14-21(28)17-6-3-2-4-7-17/h2-9,16,20H,10-15H2,1H3,(H,26,29). The smallest absolute Gasteiger partial charge is 0.230 e. The van der Waals surface area contributed by atoms with Crippen molar-refractivity contribution in [1.29, 1.82) is 0 Å². The SMILES string of the molecule is CC1CN(C(CNC(=O)CSCC(=O)c2ccccc2)c2c(F)cccc2Cl)CCO1. The molecule has 0 spiro atoms. The average molecular weight is 465 g/mol. The summed E-state index contributed by atoms with van der Waals surface area (Å²) in [5.41, 5.74) is 1.01. The van der Waals surface area contributed by atoms with Crippen molar-refractivity contribution in [3.63, 3.8) is 0 Å². The fraction of sp³-hybridized carbons (Fsp3) is 0.391. The fourth-order valence-electron chi connectivity index (χ4n) is 3.58. The molecule has 3 rings (SSSR count). The third-order valence-electron chi connectivity index (χ3n) is 5.10. The molecule has 0 saturated carbocycles. The molecule has 2 aromatic rings. The number of benzene rings is 2. The van der Waals surface area contributed by atoms with Gasteiger partial charge in [-0.25, -0.2) is 4.39 Å². The highest BCUT2D eigenvalue weighted by atomic mass is 35.5. The van der Waals surface area contributed by atoms with Gasteiger partial charge in [-0.05, 0) is 19.1 Å². The van der Waals surface area contributed by atoms with Gasteiger partial charge in [0.05, 0.1) is 30.3 Å². The summed E-state index contributed by atoms with van der Waals surface area (Å²) in [5, 5.41) is 3.22. The van der Waals surface area contributed by atoms with Gasteiger partial charge < -0.3 is 10.1 Å². The molecule has 1 fully saturated rings. The van der Waals surface area contributed by atoms with E-state index in [0.717, 1.165) is 0 Å². The summed E-state index contributed by atoms with van der Waals surface area (Å²) in [5.74, 6) is -0.244. The molecule has 2 unspecified atom stereocenters. The number of hydrogen-bond acceptors (Lipinski definition) is 5. The number of thioether (sulfide) groups is 1. The minimum Gasteiger partial charge on any atom is -0.376 e. The first-order valence-electron chi connectivity index (χ1n) is 10.2. The lowest BCUT2D eigenvalue weighted by molar-refractivity contribution is -0.119. The molecule has 166 valence electrons. The summed E-state index contributed by atoms with van der Waals surface area (Å²) in [6, 6.07) is 13.2. The maximum Gasteiger partial charge on any atom is 0.230 e. The molecule has 2 aromatic carbocycles. The molecular formula is C23H26ClFN2O3S. The number of rotatable bonds is 9. The molecule has 1 aliphatic rings. The van der Waals surface area contributed by atoms with Gasteiger partial charge in [0.1, 0.15) is 5.82 Å². The van der Waals surface area contributed by atoms with Crippen LogP contribution in [0.5, 0.6) is 0 Å². The van der Waals surface area contributed by atoms with Gasteiger partial charge in [0.25, 0.3) is 0 Å². The number of Topliss-reactive ketones (excluding diaryl/α,β-unsaturated/α-hetero) is 1. The number of nitrogens with one attached hydrogen (secondary N) is 1. The minimum absolute atomic E-state index is 0.0112. The second-order valence-corrected chi connectivity index (χ2v) is 8.81. The van der Waals surface area contributed by atoms with E-state index in [4.69, 9.17) is 16.3 Å². The van der Waals surface area contributed by atoms with Crippen LogP contribution in [0, 0.1) is 5.82 Å². The summed E-state index contributed by atoms with van der Waals surface area (Å²) >= 11 is 7.58.